The molecule has 0 bridgehead atoms. The molecule has 6 fully saturated rings. The van der Waals surface area contributed by atoms with Gasteiger partial charge in [-0.25, -0.2) is 8.78 Å². The Balaban J connectivity index is 0.696. The summed E-state index contributed by atoms with van der Waals surface area (Å²) in [5, 5.41) is 14.7. The summed E-state index contributed by atoms with van der Waals surface area (Å²) in [5.74, 6) is -1.41. The third-order valence-electron chi connectivity index (χ3n) is 17.1. The highest BCUT2D eigenvalue weighted by Crippen LogP contribution is 2.48. The average Bonchev–Trinajstić information content (AvgIpc) is 4.06. The van der Waals surface area contributed by atoms with Crippen LogP contribution in [-0.2, 0) is 27.3 Å². The van der Waals surface area contributed by atoms with Gasteiger partial charge in [-0.1, -0.05) is 19.9 Å². The lowest BCUT2D eigenvalue weighted by Crippen LogP contribution is -2.56. The maximum atomic E-state index is 17.3. The van der Waals surface area contributed by atoms with Crippen molar-refractivity contribution >= 4 is 50.9 Å². The Labute approximate surface area is 417 Å². The van der Waals surface area contributed by atoms with E-state index in [1.807, 2.05) is 19.1 Å². The van der Waals surface area contributed by atoms with Gasteiger partial charge < -0.3 is 34.2 Å². The highest BCUT2D eigenvalue weighted by Gasteiger charge is 2.47. The van der Waals surface area contributed by atoms with Gasteiger partial charge in [0.15, 0.2) is 5.82 Å². The van der Waals surface area contributed by atoms with E-state index in [9.17, 15) is 19.5 Å². The zero-order valence-electron chi connectivity index (χ0n) is 41.3. The fourth-order valence-electron chi connectivity index (χ4n) is 12.6. The van der Waals surface area contributed by atoms with Gasteiger partial charge in [0, 0.05) is 100 Å². The number of imide groups is 1. The molecule has 17 heteroatoms. The minimum absolute atomic E-state index is 0.0211. The number of phenols is 1. The Hall–Kier alpha value is -6.04. The molecule has 5 aromatic rings. The molecule has 0 radical (unpaired) electrons. The van der Waals surface area contributed by atoms with Gasteiger partial charge in [0.25, 0.3) is 5.91 Å². The third kappa shape index (κ3) is 8.67. The molecule has 72 heavy (non-hydrogen) atoms. The fraction of sp³-hybridized carbons (Fsp3) is 0.527. The Morgan fingerprint density at radius 1 is 0.875 bits per heavy atom. The summed E-state index contributed by atoms with van der Waals surface area (Å²) in [4.78, 5) is 63.3. The number of pyridine rings is 1. The van der Waals surface area contributed by atoms with Crippen molar-refractivity contribution in [3.05, 3.63) is 77.0 Å². The van der Waals surface area contributed by atoms with E-state index in [2.05, 4.69) is 42.9 Å². The van der Waals surface area contributed by atoms with Crippen molar-refractivity contribution in [2.75, 3.05) is 88.5 Å². The van der Waals surface area contributed by atoms with E-state index in [1.54, 1.807) is 23.2 Å². The topological polar surface area (TPSA) is 157 Å². The van der Waals surface area contributed by atoms with Crippen LogP contribution < -0.4 is 19.9 Å². The van der Waals surface area contributed by atoms with Gasteiger partial charge in [-0.3, -0.25) is 29.6 Å². The van der Waals surface area contributed by atoms with Crippen molar-refractivity contribution in [1.82, 2.24) is 35.0 Å². The molecule has 12 rings (SSSR count). The molecule has 15 nitrogen and oxygen atoms in total. The standard InChI is InChI=1S/C55H63F2N9O6/c1-3-38-42(56)8-5-34-26-37(67)27-40(45(34)38)47-46(57)48-41(28-58-47)49(65-17-4-11-55(32-65)16-24-72-55)61-52(60-48)71-33-54(12-13-54)31-62-18-14-53(2,15-19-62)30-63-20-22-64(23-21-63)36-6-7-39-35(25-36)29-66(51(39)70)43-9-10-44(68)59-50(43)69/h5-8,25-28,43,67H,3-4,9-24,29-33H2,1-2H3,(H,59,68,69)/t43-,55-/m0/s1. The number of anilines is 2. The maximum Gasteiger partial charge on any atom is 0.319 e. The molecule has 3 amide bonds. The first-order chi connectivity index (χ1) is 34.8. The number of hydrogen-bond acceptors (Lipinski definition) is 13. The second kappa shape index (κ2) is 18.2. The number of aryl methyl sites for hydroxylation is 1. The van der Waals surface area contributed by atoms with Crippen LogP contribution in [0.1, 0.15) is 93.1 Å². The number of carbonyl (C=O) groups excluding carboxylic acids is 3. The Kier molecular flexibility index (Phi) is 11.9. The van der Waals surface area contributed by atoms with Crippen molar-refractivity contribution in [2.45, 2.75) is 96.2 Å². The van der Waals surface area contributed by atoms with E-state index in [-0.39, 0.29) is 57.6 Å². The number of likely N-dealkylation sites (tertiary alicyclic amines) is 1. The monoisotopic (exact) mass is 983 g/mol. The molecule has 3 aromatic carbocycles. The lowest BCUT2D eigenvalue weighted by Gasteiger charge is -2.48. The number of piperidine rings is 3. The number of aromatic nitrogens is 3. The summed E-state index contributed by atoms with van der Waals surface area (Å²) >= 11 is 0. The largest absolute Gasteiger partial charge is 0.508 e. The second-order valence-corrected chi connectivity index (χ2v) is 22.2. The molecule has 8 heterocycles. The number of rotatable bonds is 12. The van der Waals surface area contributed by atoms with Gasteiger partial charge in [-0.05, 0) is 128 Å². The van der Waals surface area contributed by atoms with E-state index in [1.165, 1.54) is 12.1 Å². The van der Waals surface area contributed by atoms with E-state index >= 15 is 8.78 Å². The maximum absolute atomic E-state index is 17.3. The van der Waals surface area contributed by atoms with Gasteiger partial charge in [-0.2, -0.15) is 9.97 Å². The average molecular weight is 984 g/mol. The van der Waals surface area contributed by atoms with Crippen molar-refractivity contribution in [3.8, 4) is 23.0 Å². The van der Waals surface area contributed by atoms with Crippen LogP contribution in [0, 0.1) is 22.5 Å². The number of halogens is 2. The van der Waals surface area contributed by atoms with Crippen LogP contribution in [0.15, 0.2) is 48.7 Å². The first-order valence-electron chi connectivity index (χ1n) is 26.1. The molecule has 1 spiro atoms. The van der Waals surface area contributed by atoms with Crippen LogP contribution in [0.5, 0.6) is 11.8 Å². The van der Waals surface area contributed by atoms with E-state index in [4.69, 9.17) is 19.4 Å². The van der Waals surface area contributed by atoms with Gasteiger partial charge in [0.05, 0.1) is 24.2 Å². The third-order valence-corrected chi connectivity index (χ3v) is 17.1. The van der Waals surface area contributed by atoms with Crippen molar-refractivity contribution < 1.29 is 37.7 Å². The van der Waals surface area contributed by atoms with Gasteiger partial charge in [0.2, 0.25) is 11.8 Å². The lowest BCUT2D eigenvalue weighted by atomic mass is 9.79. The zero-order valence-corrected chi connectivity index (χ0v) is 41.3. The molecule has 5 saturated heterocycles. The lowest BCUT2D eigenvalue weighted by molar-refractivity contribution is -0.151. The quantitative estimate of drug-likeness (QED) is 0.124. The van der Waals surface area contributed by atoms with Gasteiger partial charge in [-0.15, -0.1) is 0 Å². The van der Waals surface area contributed by atoms with Crippen LogP contribution in [0.2, 0.25) is 0 Å². The summed E-state index contributed by atoms with van der Waals surface area (Å²) in [5.41, 5.74) is 3.34. The van der Waals surface area contributed by atoms with Gasteiger partial charge in [0.1, 0.15) is 34.6 Å². The van der Waals surface area contributed by atoms with Crippen LogP contribution in [0.25, 0.3) is 32.9 Å². The Morgan fingerprint density at radius 2 is 1.67 bits per heavy atom. The Bertz CT molecular complexity index is 3000. The highest BCUT2D eigenvalue weighted by atomic mass is 19.1. The number of nitrogens with zero attached hydrogens (tertiary/aromatic N) is 8. The number of ether oxygens (including phenoxy) is 2. The predicted molar refractivity (Wildman–Crippen MR) is 268 cm³/mol. The Morgan fingerprint density at radius 3 is 2.40 bits per heavy atom. The fourth-order valence-corrected chi connectivity index (χ4v) is 12.6. The van der Waals surface area contributed by atoms with Crippen LogP contribution >= 0.6 is 0 Å². The van der Waals surface area contributed by atoms with Crippen molar-refractivity contribution in [1.29, 1.82) is 0 Å². The molecule has 2 aromatic heterocycles. The molecule has 1 aliphatic carbocycles. The molecule has 7 aliphatic rings. The van der Waals surface area contributed by atoms with E-state index in [0.29, 0.717) is 71.2 Å². The number of aromatic hydroxyl groups is 1. The molecule has 2 N–H and O–H groups in total. The highest BCUT2D eigenvalue weighted by molar-refractivity contribution is 6.06. The minimum atomic E-state index is -0.676. The smallest absolute Gasteiger partial charge is 0.319 e. The number of fused-ring (bicyclic) bond motifs is 3. The summed E-state index contributed by atoms with van der Waals surface area (Å²) in [7, 11) is 0. The molecule has 2 atom stereocenters. The molecule has 1 saturated carbocycles. The summed E-state index contributed by atoms with van der Waals surface area (Å²) < 4.78 is 45.2. The number of hydrogen-bond donors (Lipinski definition) is 2. The number of amides is 3. The molecule has 6 aliphatic heterocycles. The van der Waals surface area contributed by atoms with Gasteiger partial charge >= 0.3 is 6.01 Å². The SMILES string of the molecule is CCc1c(F)ccc2cc(O)cc(-c3ncc4c(N5CCC[C@]6(CCO6)C5)nc(OCC5(CN6CCC(C)(CN7CCN(c8ccc9c(c8)CN([C@H]8CCC(=O)NC8=O)C9=O)CC7)CC6)CC5)nc4c3F)c12. The normalized spacial score (nSPS) is 24.2. The van der Waals surface area contributed by atoms with E-state index in [0.717, 1.165) is 122 Å². The number of carbonyl (C=O) groups is 3. The van der Waals surface area contributed by atoms with Crippen LogP contribution in [-0.4, -0.2) is 143 Å². The molecule has 378 valence electrons. The number of nitrogens with one attached hydrogen (secondary N) is 1. The van der Waals surface area contributed by atoms with E-state index < -0.39 is 23.6 Å². The molecular formula is C55H63F2N9O6. The van der Waals surface area contributed by atoms with Crippen molar-refractivity contribution in [3.63, 3.8) is 0 Å². The molecule has 0 unspecified atom stereocenters. The number of phenolic OH excluding ortho intramolecular Hbond substituents is 1. The number of piperazine rings is 1. The first kappa shape index (κ1) is 47.0. The summed E-state index contributed by atoms with van der Waals surface area (Å²) in [6, 6.07) is 11.5. The van der Waals surface area contributed by atoms with Crippen LogP contribution in [0.4, 0.5) is 20.3 Å². The minimum Gasteiger partial charge on any atom is -0.508 e. The number of benzene rings is 3. The van der Waals surface area contributed by atoms with Crippen LogP contribution in [0.3, 0.4) is 0 Å². The first-order valence-corrected chi connectivity index (χ1v) is 26.1. The summed E-state index contributed by atoms with van der Waals surface area (Å²) in [6.07, 6.45) is 9.65. The second-order valence-electron chi connectivity index (χ2n) is 22.2. The van der Waals surface area contributed by atoms with Crippen molar-refractivity contribution in [2.24, 2.45) is 10.8 Å². The summed E-state index contributed by atoms with van der Waals surface area (Å²) in [6.45, 7) is 14.8. The predicted octanol–water partition coefficient (Wildman–Crippen LogP) is 6.99. The zero-order chi connectivity index (χ0) is 49.5. The molecular weight excluding hydrogens is 921 g/mol.